The summed E-state index contributed by atoms with van der Waals surface area (Å²) in [6.45, 7) is 15.6. The van der Waals surface area contributed by atoms with Crippen LogP contribution in [-0.4, -0.2) is 43.6 Å². The Labute approximate surface area is 196 Å². The van der Waals surface area contributed by atoms with Gasteiger partial charge < -0.3 is 10.3 Å². The van der Waals surface area contributed by atoms with E-state index in [1.807, 2.05) is 0 Å². The summed E-state index contributed by atoms with van der Waals surface area (Å²) in [7, 11) is 0. The maximum atomic E-state index is 5.84. The molecule has 1 aliphatic rings. The second kappa shape index (κ2) is 8.86. The number of nitrogens with zero attached hydrogens (tertiary/aromatic N) is 5. The fraction of sp³-hybridized carbons (Fsp3) is 0.538. The molecule has 7 nitrogen and oxygen atoms in total. The first-order chi connectivity index (χ1) is 15.6. The van der Waals surface area contributed by atoms with Crippen LogP contribution in [-0.2, 0) is 5.41 Å². The Kier molecular flexibility index (Phi) is 6.27. The normalized spacial score (nSPS) is 17.9. The summed E-state index contributed by atoms with van der Waals surface area (Å²) < 4.78 is 5.84. The molecule has 3 heterocycles. The molecule has 4 rings (SSSR count). The van der Waals surface area contributed by atoms with Crippen LogP contribution in [0.2, 0.25) is 0 Å². The maximum absolute atomic E-state index is 5.84. The number of likely N-dealkylation sites (tertiary alicyclic amines) is 1. The molecule has 1 aliphatic heterocycles. The van der Waals surface area contributed by atoms with Crippen LogP contribution in [0.5, 0.6) is 0 Å². The summed E-state index contributed by atoms with van der Waals surface area (Å²) in [5.74, 6) is 2.43. The van der Waals surface area contributed by atoms with E-state index in [0.29, 0.717) is 5.92 Å². The van der Waals surface area contributed by atoms with Crippen LogP contribution in [0.1, 0.15) is 77.6 Å². The number of aromatic nitrogens is 4. The van der Waals surface area contributed by atoms with Gasteiger partial charge in [0.2, 0.25) is 11.8 Å². The van der Waals surface area contributed by atoms with Gasteiger partial charge in [0, 0.05) is 29.4 Å². The van der Waals surface area contributed by atoms with Gasteiger partial charge in [-0.1, -0.05) is 43.3 Å². The van der Waals surface area contributed by atoms with E-state index < -0.39 is 0 Å². The van der Waals surface area contributed by atoms with Gasteiger partial charge in [0.05, 0.1) is 5.41 Å². The number of benzene rings is 1. The monoisotopic (exact) mass is 448 g/mol. The number of nitrogen functional groups attached to an aromatic ring is 1. The Morgan fingerprint density at radius 3 is 2.12 bits per heavy atom. The van der Waals surface area contributed by atoms with Gasteiger partial charge in [-0.05, 0) is 70.7 Å². The first-order valence-electron chi connectivity index (χ1n) is 11.9. The van der Waals surface area contributed by atoms with Gasteiger partial charge in [0.1, 0.15) is 0 Å². The second-order valence-electron chi connectivity index (χ2n) is 10.7. The Bertz CT molecular complexity index is 1060. The van der Waals surface area contributed by atoms with Crippen molar-refractivity contribution in [1.82, 2.24) is 25.0 Å². The average Bonchev–Trinajstić information content (AvgIpc) is 3.29. The molecular weight excluding hydrogens is 412 g/mol. The van der Waals surface area contributed by atoms with Gasteiger partial charge in [-0.2, -0.15) is 4.98 Å². The van der Waals surface area contributed by atoms with Crippen molar-refractivity contribution in [3.8, 4) is 11.1 Å². The Morgan fingerprint density at radius 1 is 0.970 bits per heavy atom. The molecule has 1 saturated heterocycles. The minimum atomic E-state index is -0.357. The zero-order valence-electron chi connectivity index (χ0n) is 20.7. The van der Waals surface area contributed by atoms with E-state index in [0.717, 1.165) is 54.3 Å². The molecule has 1 atom stereocenters. The highest BCUT2D eigenvalue weighted by Gasteiger charge is 2.39. The molecule has 0 saturated carbocycles. The highest BCUT2D eigenvalue weighted by atomic mass is 16.5. The molecule has 2 aromatic heterocycles. The molecule has 0 spiro atoms. The van der Waals surface area contributed by atoms with Crippen LogP contribution in [0.25, 0.3) is 11.1 Å². The van der Waals surface area contributed by atoms with E-state index in [4.69, 9.17) is 15.2 Å². The zero-order chi connectivity index (χ0) is 23.8. The van der Waals surface area contributed by atoms with Crippen molar-refractivity contribution in [2.24, 2.45) is 5.92 Å². The van der Waals surface area contributed by atoms with E-state index in [1.54, 1.807) is 12.4 Å². The van der Waals surface area contributed by atoms with Crippen LogP contribution in [0, 0.1) is 5.92 Å². The fourth-order valence-electron chi connectivity index (χ4n) is 4.63. The van der Waals surface area contributed by atoms with Crippen LogP contribution in [0.4, 0.5) is 5.95 Å². The predicted octanol–water partition coefficient (Wildman–Crippen LogP) is 5.05. The molecule has 1 fully saturated rings. The molecule has 1 aromatic carbocycles. The molecule has 0 aliphatic carbocycles. The Balaban J connectivity index is 1.56. The predicted molar refractivity (Wildman–Crippen MR) is 131 cm³/mol. The number of rotatable bonds is 5. The molecule has 3 aromatic rings. The van der Waals surface area contributed by atoms with Crippen molar-refractivity contribution in [3.05, 3.63) is 53.9 Å². The van der Waals surface area contributed by atoms with Gasteiger partial charge in [-0.25, -0.2) is 9.97 Å². The minimum Gasteiger partial charge on any atom is -0.368 e. The van der Waals surface area contributed by atoms with Crippen molar-refractivity contribution in [3.63, 3.8) is 0 Å². The highest BCUT2D eigenvalue weighted by molar-refractivity contribution is 5.62. The molecule has 176 valence electrons. The Hall–Kier alpha value is -2.80. The van der Waals surface area contributed by atoms with Crippen LogP contribution in [0.15, 0.2) is 41.2 Å². The summed E-state index contributed by atoms with van der Waals surface area (Å²) in [5.41, 5.74) is 8.60. The van der Waals surface area contributed by atoms with E-state index in [1.165, 1.54) is 0 Å². The number of piperidine rings is 1. The summed E-state index contributed by atoms with van der Waals surface area (Å²) >= 11 is 0. The lowest BCUT2D eigenvalue weighted by atomic mass is 9.72. The maximum Gasteiger partial charge on any atom is 0.229 e. The quantitative estimate of drug-likeness (QED) is 0.584. The summed E-state index contributed by atoms with van der Waals surface area (Å²) in [4.78, 5) is 15.7. The van der Waals surface area contributed by atoms with Crippen LogP contribution < -0.4 is 5.73 Å². The summed E-state index contributed by atoms with van der Waals surface area (Å²) in [6.07, 6.45) is 5.59. The van der Waals surface area contributed by atoms with Gasteiger partial charge in [0.25, 0.3) is 0 Å². The second-order valence-corrected chi connectivity index (χ2v) is 10.7. The van der Waals surface area contributed by atoms with Crippen molar-refractivity contribution in [2.75, 3.05) is 18.8 Å². The van der Waals surface area contributed by atoms with E-state index in [9.17, 15) is 0 Å². The van der Waals surface area contributed by atoms with Crippen molar-refractivity contribution >= 4 is 5.95 Å². The lowest BCUT2D eigenvalue weighted by Crippen LogP contribution is -2.45. The van der Waals surface area contributed by atoms with E-state index in [2.05, 4.69) is 85.8 Å². The largest absolute Gasteiger partial charge is 0.368 e. The van der Waals surface area contributed by atoms with Gasteiger partial charge in [-0.15, -0.1) is 0 Å². The average molecular weight is 449 g/mol. The van der Waals surface area contributed by atoms with Gasteiger partial charge in [0.15, 0.2) is 5.82 Å². The van der Waals surface area contributed by atoms with Crippen molar-refractivity contribution < 1.29 is 4.52 Å². The lowest BCUT2D eigenvalue weighted by molar-refractivity contribution is 0.0961. The standard InChI is InChI=1S/C26H36N6O/c1-17(2)26(6,21-9-7-18(8-10-21)20-15-28-24(27)29-16-20)23-30-22(33-31-23)19-11-13-32(14-12-19)25(3,4)5/h7-10,15-17,19H,11-14H2,1-6H3,(H2,27,28,29). The topological polar surface area (TPSA) is 94.0 Å². The van der Waals surface area contributed by atoms with Crippen LogP contribution in [0.3, 0.4) is 0 Å². The third-order valence-electron chi connectivity index (χ3n) is 7.34. The number of anilines is 1. The Morgan fingerprint density at radius 2 is 1.58 bits per heavy atom. The lowest BCUT2D eigenvalue weighted by Gasteiger charge is -2.40. The van der Waals surface area contributed by atoms with Gasteiger partial charge >= 0.3 is 0 Å². The molecule has 7 heteroatoms. The highest BCUT2D eigenvalue weighted by Crippen LogP contribution is 2.39. The van der Waals surface area contributed by atoms with Gasteiger partial charge in [-0.3, -0.25) is 4.90 Å². The molecule has 0 bridgehead atoms. The molecule has 2 N–H and O–H groups in total. The van der Waals surface area contributed by atoms with Crippen molar-refractivity contribution in [2.45, 2.75) is 71.3 Å². The summed E-state index contributed by atoms with van der Waals surface area (Å²) in [6, 6.07) is 8.47. The van der Waals surface area contributed by atoms with E-state index >= 15 is 0 Å². The number of nitrogens with two attached hydrogens (primary N) is 1. The SMILES string of the molecule is CC(C)C(C)(c1ccc(-c2cnc(N)nc2)cc1)c1noc(C2CCN(C(C)(C)C)CC2)n1. The van der Waals surface area contributed by atoms with Crippen molar-refractivity contribution in [1.29, 1.82) is 0 Å². The summed E-state index contributed by atoms with van der Waals surface area (Å²) in [5, 5.41) is 4.49. The molecule has 33 heavy (non-hydrogen) atoms. The molecule has 0 radical (unpaired) electrons. The molecular formula is C26H36N6O. The smallest absolute Gasteiger partial charge is 0.229 e. The molecule has 0 amide bonds. The fourth-order valence-corrected chi connectivity index (χ4v) is 4.63. The first kappa shape index (κ1) is 23.4. The third-order valence-corrected chi connectivity index (χ3v) is 7.34. The minimum absolute atomic E-state index is 0.200. The van der Waals surface area contributed by atoms with Crippen LogP contribution >= 0.6 is 0 Å². The van der Waals surface area contributed by atoms with E-state index in [-0.39, 0.29) is 22.8 Å². The number of hydrogen-bond donors (Lipinski definition) is 1. The third kappa shape index (κ3) is 4.64. The zero-order valence-corrected chi connectivity index (χ0v) is 20.7. The molecule has 1 unspecified atom stereocenters. The number of hydrogen-bond acceptors (Lipinski definition) is 7. The first-order valence-corrected chi connectivity index (χ1v) is 11.9.